The van der Waals surface area contributed by atoms with Crippen LogP contribution in [0, 0.1) is 11.6 Å². The van der Waals surface area contributed by atoms with Crippen molar-refractivity contribution in [1.82, 2.24) is 10.2 Å². The Kier molecular flexibility index (Phi) is 9.50. The van der Waals surface area contributed by atoms with Crippen molar-refractivity contribution in [3.8, 4) is 0 Å². The quantitative estimate of drug-likeness (QED) is 0.736. The predicted molar refractivity (Wildman–Crippen MR) is 97.1 cm³/mol. The molecule has 1 aromatic rings. The van der Waals surface area contributed by atoms with Crippen molar-refractivity contribution in [2.75, 3.05) is 20.8 Å². The van der Waals surface area contributed by atoms with E-state index in [1.54, 1.807) is 11.8 Å². The standard InChI is InChI=1S/C11H11F2NO.C8H15NO4/c12-9-4-1-3-8(11(9)13)7-14-6-2-5-10(14)15;1-5(12-3)7(8(11)13-4)9-6(2)10/h1,3-4H,2,5-7H2;5,7H,1-4H3,(H,9,10). The van der Waals surface area contributed by atoms with Crippen molar-refractivity contribution in [2.45, 2.75) is 45.4 Å². The normalized spacial score (nSPS) is 15.4. The van der Waals surface area contributed by atoms with E-state index in [4.69, 9.17) is 4.74 Å². The van der Waals surface area contributed by atoms with Gasteiger partial charge in [-0.1, -0.05) is 12.1 Å². The highest BCUT2D eigenvalue weighted by atomic mass is 19.2. The lowest BCUT2D eigenvalue weighted by molar-refractivity contribution is -0.148. The molecular weight excluding hydrogens is 374 g/mol. The van der Waals surface area contributed by atoms with Crippen LogP contribution in [-0.2, 0) is 30.4 Å². The van der Waals surface area contributed by atoms with Gasteiger partial charge in [-0.25, -0.2) is 13.6 Å². The largest absolute Gasteiger partial charge is 0.467 e. The van der Waals surface area contributed by atoms with Crippen LogP contribution in [0.25, 0.3) is 0 Å². The van der Waals surface area contributed by atoms with E-state index in [9.17, 15) is 23.2 Å². The van der Waals surface area contributed by atoms with Crippen LogP contribution in [-0.4, -0.2) is 55.6 Å². The zero-order valence-electron chi connectivity index (χ0n) is 16.5. The number of methoxy groups -OCH3 is 2. The zero-order chi connectivity index (χ0) is 21.3. The fourth-order valence-electron chi connectivity index (χ4n) is 2.60. The van der Waals surface area contributed by atoms with Gasteiger partial charge in [-0.2, -0.15) is 0 Å². The Balaban J connectivity index is 0.000000284. The van der Waals surface area contributed by atoms with Crippen molar-refractivity contribution >= 4 is 17.8 Å². The molecule has 1 N–H and O–H groups in total. The van der Waals surface area contributed by atoms with Gasteiger partial charge in [-0.15, -0.1) is 0 Å². The molecule has 0 spiro atoms. The SMILES string of the molecule is COC(=O)C(NC(C)=O)C(C)OC.O=C1CCCN1Cc1cccc(F)c1F. The molecule has 0 aliphatic carbocycles. The first-order chi connectivity index (χ1) is 13.2. The van der Waals surface area contributed by atoms with Gasteiger partial charge < -0.3 is 19.7 Å². The molecule has 0 radical (unpaired) electrons. The van der Waals surface area contributed by atoms with Gasteiger partial charge in [-0.05, 0) is 19.4 Å². The van der Waals surface area contributed by atoms with Crippen LogP contribution in [0.1, 0.15) is 32.3 Å². The van der Waals surface area contributed by atoms with Crippen molar-refractivity contribution in [3.63, 3.8) is 0 Å². The number of ether oxygens (including phenoxy) is 2. The van der Waals surface area contributed by atoms with E-state index in [-0.39, 0.29) is 23.9 Å². The second kappa shape index (κ2) is 11.3. The lowest BCUT2D eigenvalue weighted by atomic mass is 10.2. The van der Waals surface area contributed by atoms with Crippen molar-refractivity contribution in [2.24, 2.45) is 0 Å². The Hall–Kier alpha value is -2.55. The highest BCUT2D eigenvalue weighted by Gasteiger charge is 2.26. The molecule has 2 atom stereocenters. The highest BCUT2D eigenvalue weighted by molar-refractivity contribution is 5.83. The number of esters is 1. The second-order valence-corrected chi connectivity index (χ2v) is 6.27. The predicted octanol–water partition coefficient (Wildman–Crippen LogP) is 1.79. The third-order valence-corrected chi connectivity index (χ3v) is 4.22. The average molecular weight is 400 g/mol. The smallest absolute Gasteiger partial charge is 0.331 e. The zero-order valence-corrected chi connectivity index (χ0v) is 16.5. The van der Waals surface area contributed by atoms with E-state index in [2.05, 4.69) is 10.1 Å². The summed E-state index contributed by atoms with van der Waals surface area (Å²) in [4.78, 5) is 34.7. The first-order valence-corrected chi connectivity index (χ1v) is 8.79. The van der Waals surface area contributed by atoms with Gasteiger partial charge in [0.15, 0.2) is 17.7 Å². The number of carbonyl (C=O) groups excluding carboxylic acids is 3. The Labute approximate surface area is 163 Å². The third-order valence-electron chi connectivity index (χ3n) is 4.22. The molecule has 1 fully saturated rings. The number of nitrogens with zero attached hydrogens (tertiary/aromatic N) is 1. The highest BCUT2D eigenvalue weighted by Crippen LogP contribution is 2.17. The molecular formula is C19H26F2N2O5. The van der Waals surface area contributed by atoms with Gasteiger partial charge >= 0.3 is 5.97 Å². The molecule has 9 heteroatoms. The van der Waals surface area contributed by atoms with Gasteiger partial charge in [0.1, 0.15) is 0 Å². The van der Waals surface area contributed by atoms with Gasteiger partial charge in [0.25, 0.3) is 0 Å². The van der Waals surface area contributed by atoms with Crippen LogP contribution in [0.2, 0.25) is 0 Å². The van der Waals surface area contributed by atoms with Gasteiger partial charge in [0.05, 0.1) is 13.2 Å². The molecule has 0 aromatic heterocycles. The molecule has 28 heavy (non-hydrogen) atoms. The number of benzene rings is 1. The Morgan fingerprint density at radius 1 is 1.29 bits per heavy atom. The van der Waals surface area contributed by atoms with Crippen molar-refractivity contribution in [3.05, 3.63) is 35.4 Å². The molecule has 1 aliphatic heterocycles. The summed E-state index contributed by atoms with van der Waals surface area (Å²) >= 11 is 0. The number of halogens is 2. The maximum absolute atomic E-state index is 13.3. The molecule has 2 amide bonds. The topological polar surface area (TPSA) is 84.9 Å². The molecule has 0 saturated carbocycles. The Morgan fingerprint density at radius 2 is 1.96 bits per heavy atom. The van der Waals surface area contributed by atoms with Gasteiger partial charge in [-0.3, -0.25) is 9.59 Å². The summed E-state index contributed by atoms with van der Waals surface area (Å²) in [6.45, 7) is 3.81. The fraction of sp³-hybridized carbons (Fsp3) is 0.526. The van der Waals surface area contributed by atoms with E-state index in [0.717, 1.165) is 12.5 Å². The lowest BCUT2D eigenvalue weighted by Gasteiger charge is -2.20. The van der Waals surface area contributed by atoms with E-state index in [1.807, 2.05) is 0 Å². The van der Waals surface area contributed by atoms with E-state index in [1.165, 1.54) is 33.3 Å². The second-order valence-electron chi connectivity index (χ2n) is 6.27. The number of hydrogen-bond donors (Lipinski definition) is 1. The van der Waals surface area contributed by atoms with Crippen molar-refractivity contribution in [1.29, 1.82) is 0 Å². The monoisotopic (exact) mass is 400 g/mol. The summed E-state index contributed by atoms with van der Waals surface area (Å²) in [7, 11) is 2.72. The minimum atomic E-state index is -0.862. The van der Waals surface area contributed by atoms with Crippen LogP contribution in [0.5, 0.6) is 0 Å². The molecule has 2 unspecified atom stereocenters. The van der Waals surface area contributed by atoms with E-state index in [0.29, 0.717) is 13.0 Å². The van der Waals surface area contributed by atoms with Crippen LogP contribution >= 0.6 is 0 Å². The minimum Gasteiger partial charge on any atom is -0.467 e. The lowest BCUT2D eigenvalue weighted by Crippen LogP contribution is -2.48. The van der Waals surface area contributed by atoms with Crippen LogP contribution in [0.4, 0.5) is 8.78 Å². The Bertz CT molecular complexity index is 699. The summed E-state index contributed by atoms with van der Waals surface area (Å²) in [5.41, 5.74) is 0.241. The average Bonchev–Trinajstić information content (AvgIpc) is 3.07. The molecule has 1 aromatic carbocycles. The summed E-state index contributed by atoms with van der Waals surface area (Å²) in [5.74, 6) is -2.50. The number of rotatable bonds is 6. The van der Waals surface area contributed by atoms with Gasteiger partial charge in [0, 0.05) is 39.1 Å². The molecule has 1 heterocycles. The van der Waals surface area contributed by atoms with E-state index < -0.39 is 29.7 Å². The first-order valence-electron chi connectivity index (χ1n) is 8.79. The van der Waals surface area contributed by atoms with Crippen LogP contribution in [0.15, 0.2) is 18.2 Å². The molecule has 156 valence electrons. The number of carbonyl (C=O) groups is 3. The number of amides is 2. The molecule has 1 saturated heterocycles. The number of hydrogen-bond acceptors (Lipinski definition) is 5. The maximum atomic E-state index is 13.3. The summed E-state index contributed by atoms with van der Waals surface area (Å²) in [5, 5.41) is 2.44. The summed E-state index contributed by atoms with van der Waals surface area (Å²) in [6.07, 6.45) is 0.906. The maximum Gasteiger partial charge on any atom is 0.331 e. The number of likely N-dealkylation sites (tertiary alicyclic amines) is 1. The van der Waals surface area contributed by atoms with Crippen molar-refractivity contribution < 1.29 is 32.6 Å². The first kappa shape index (κ1) is 23.5. The molecule has 7 nitrogen and oxygen atoms in total. The summed E-state index contributed by atoms with van der Waals surface area (Å²) < 4.78 is 35.6. The minimum absolute atomic E-state index is 0.0126. The van der Waals surface area contributed by atoms with Gasteiger partial charge in [0.2, 0.25) is 11.8 Å². The number of nitrogens with one attached hydrogen (secondary N) is 1. The van der Waals surface area contributed by atoms with Crippen LogP contribution in [0.3, 0.4) is 0 Å². The third kappa shape index (κ3) is 6.88. The molecule has 2 rings (SSSR count). The Morgan fingerprint density at radius 3 is 2.46 bits per heavy atom. The molecule has 1 aliphatic rings. The van der Waals surface area contributed by atoms with E-state index >= 15 is 0 Å². The summed E-state index contributed by atoms with van der Waals surface area (Å²) in [6, 6.07) is 3.29. The van der Waals surface area contributed by atoms with Crippen LogP contribution < -0.4 is 5.32 Å². The fourth-order valence-corrected chi connectivity index (χ4v) is 2.60. The molecule has 0 bridgehead atoms.